The third-order valence-electron chi connectivity index (χ3n) is 2.24. The fraction of sp³-hybridized carbons (Fsp3) is 0. The number of nitrogens with two attached hydrogens (primary N) is 1. The van der Waals surface area contributed by atoms with Gasteiger partial charge in [-0.2, -0.15) is 0 Å². The fourth-order valence-corrected chi connectivity index (χ4v) is 2.23. The van der Waals surface area contributed by atoms with Gasteiger partial charge in [-0.1, -0.05) is 59.4 Å². The number of hydrogen-bond acceptors (Lipinski definition) is 1. The van der Waals surface area contributed by atoms with Crippen LogP contribution in [0.15, 0.2) is 60.3 Å². The van der Waals surface area contributed by atoms with Gasteiger partial charge in [0, 0.05) is 5.69 Å². The fourth-order valence-electron chi connectivity index (χ4n) is 1.38. The Labute approximate surface area is 98.4 Å². The maximum Gasteiger partial charge on any atom is 0.111 e. The van der Waals surface area contributed by atoms with Crippen LogP contribution in [0, 0.1) is 0 Å². The van der Waals surface area contributed by atoms with Crippen LogP contribution in [0.3, 0.4) is 0 Å². The van der Waals surface area contributed by atoms with Gasteiger partial charge in [-0.3, -0.25) is 0 Å². The highest BCUT2D eigenvalue weighted by molar-refractivity contribution is 6.59. The minimum Gasteiger partial charge on any atom is -0.399 e. The van der Waals surface area contributed by atoms with Gasteiger partial charge in [0.05, 0.1) is 0 Å². The second kappa shape index (κ2) is 5.33. The molecule has 2 aromatic rings. The van der Waals surface area contributed by atoms with E-state index in [1.807, 2.05) is 30.3 Å². The zero-order valence-corrected chi connectivity index (χ0v) is 9.93. The van der Waals surface area contributed by atoms with Crippen LogP contribution in [-0.4, -0.2) is 9.52 Å². The predicted molar refractivity (Wildman–Crippen MR) is 71.7 cm³/mol. The summed E-state index contributed by atoms with van der Waals surface area (Å²) in [5.41, 5.74) is 9.82. The Hall–Kier alpha value is -1.80. The van der Waals surface area contributed by atoms with Crippen molar-refractivity contribution in [3.8, 4) is 0 Å². The molecule has 0 saturated heterocycles. The molecule has 0 fully saturated rings. The SMILES string of the molecule is Nc1ccc(/C=C/[Si]c2ccccc2)cc1. The van der Waals surface area contributed by atoms with Gasteiger partial charge in [-0.15, -0.1) is 0 Å². The van der Waals surface area contributed by atoms with Crippen molar-refractivity contribution in [2.75, 3.05) is 5.73 Å². The van der Waals surface area contributed by atoms with Gasteiger partial charge < -0.3 is 5.73 Å². The van der Waals surface area contributed by atoms with Crippen LogP contribution >= 0.6 is 0 Å². The van der Waals surface area contributed by atoms with Crippen molar-refractivity contribution in [1.82, 2.24) is 0 Å². The van der Waals surface area contributed by atoms with E-state index >= 15 is 0 Å². The van der Waals surface area contributed by atoms with Crippen LogP contribution in [0.1, 0.15) is 5.56 Å². The van der Waals surface area contributed by atoms with Crippen LogP contribution in [-0.2, 0) is 0 Å². The van der Waals surface area contributed by atoms with Crippen LogP contribution in [0.2, 0.25) is 0 Å². The number of anilines is 1. The van der Waals surface area contributed by atoms with E-state index < -0.39 is 0 Å². The van der Waals surface area contributed by atoms with E-state index in [2.05, 4.69) is 36.0 Å². The third-order valence-corrected chi connectivity index (χ3v) is 3.24. The molecule has 2 radical (unpaired) electrons. The lowest BCUT2D eigenvalue weighted by Gasteiger charge is -1.95. The molecule has 0 aliphatic heterocycles. The molecule has 2 aromatic carbocycles. The van der Waals surface area contributed by atoms with E-state index in [0.717, 1.165) is 5.69 Å². The summed E-state index contributed by atoms with van der Waals surface area (Å²) >= 11 is 0. The number of benzene rings is 2. The Morgan fingerprint density at radius 2 is 1.56 bits per heavy atom. The van der Waals surface area contributed by atoms with Crippen LogP contribution in [0.5, 0.6) is 0 Å². The lowest BCUT2D eigenvalue weighted by molar-refractivity contribution is 1.65. The number of nitrogen functional groups attached to an aromatic ring is 1. The standard InChI is InChI=1S/C14H13NSi/c15-13-8-6-12(7-9-13)10-11-16-14-4-2-1-3-5-14/h1-11H,15H2/b11-10+. The van der Waals surface area contributed by atoms with Crippen LogP contribution in [0.4, 0.5) is 5.69 Å². The quantitative estimate of drug-likeness (QED) is 0.627. The van der Waals surface area contributed by atoms with E-state index in [1.54, 1.807) is 0 Å². The normalized spacial score (nSPS) is 10.8. The monoisotopic (exact) mass is 223 g/mol. The Balaban J connectivity index is 1.98. The molecule has 0 aliphatic carbocycles. The van der Waals surface area contributed by atoms with Gasteiger partial charge in [0.15, 0.2) is 0 Å². The van der Waals surface area contributed by atoms with Gasteiger partial charge >= 0.3 is 0 Å². The first kappa shape index (κ1) is 10.7. The molecule has 2 heteroatoms. The second-order valence-electron chi connectivity index (χ2n) is 3.51. The summed E-state index contributed by atoms with van der Waals surface area (Å²) in [5, 5.41) is 1.36. The highest BCUT2D eigenvalue weighted by Gasteiger charge is 1.89. The first-order valence-electron chi connectivity index (χ1n) is 5.18. The van der Waals surface area contributed by atoms with Crippen LogP contribution < -0.4 is 10.9 Å². The van der Waals surface area contributed by atoms with Gasteiger partial charge in [-0.05, 0) is 17.7 Å². The highest BCUT2D eigenvalue weighted by Crippen LogP contribution is 2.06. The molecule has 2 rings (SSSR count). The Kier molecular flexibility index (Phi) is 3.56. The van der Waals surface area contributed by atoms with Gasteiger partial charge in [0.1, 0.15) is 9.52 Å². The van der Waals surface area contributed by atoms with Crippen molar-refractivity contribution >= 4 is 26.5 Å². The summed E-state index contributed by atoms with van der Waals surface area (Å²) in [6.45, 7) is 0. The number of rotatable bonds is 3. The van der Waals surface area contributed by atoms with Gasteiger partial charge in [0.25, 0.3) is 0 Å². The van der Waals surface area contributed by atoms with E-state index in [-0.39, 0.29) is 0 Å². The molecule has 0 aliphatic rings. The molecule has 0 amide bonds. The molecule has 0 atom stereocenters. The minimum absolute atomic E-state index is 0.715. The zero-order chi connectivity index (χ0) is 11.2. The van der Waals surface area contributed by atoms with Crippen molar-refractivity contribution in [2.24, 2.45) is 0 Å². The second-order valence-corrected chi connectivity index (χ2v) is 4.71. The van der Waals surface area contributed by atoms with Crippen LogP contribution in [0.25, 0.3) is 6.08 Å². The molecule has 0 bridgehead atoms. The molecule has 2 N–H and O–H groups in total. The maximum absolute atomic E-state index is 5.62. The Morgan fingerprint density at radius 1 is 0.875 bits per heavy atom. The van der Waals surface area contributed by atoms with Crippen molar-refractivity contribution < 1.29 is 0 Å². The van der Waals surface area contributed by atoms with Crippen molar-refractivity contribution in [3.63, 3.8) is 0 Å². The molecule has 78 valence electrons. The summed E-state index contributed by atoms with van der Waals surface area (Å²) in [6, 6.07) is 18.4. The maximum atomic E-state index is 5.62. The molecule has 1 nitrogen and oxygen atoms in total. The summed E-state index contributed by atoms with van der Waals surface area (Å²) in [5.74, 6) is 0. The predicted octanol–water partition coefficient (Wildman–Crippen LogP) is 2.27. The van der Waals surface area contributed by atoms with E-state index in [0.29, 0.717) is 9.52 Å². The Bertz CT molecular complexity index is 460. The molecular formula is C14H13NSi. The largest absolute Gasteiger partial charge is 0.399 e. The third kappa shape index (κ3) is 3.10. The summed E-state index contributed by atoms with van der Waals surface area (Å²) < 4.78 is 0. The number of hydrogen-bond donors (Lipinski definition) is 1. The summed E-state index contributed by atoms with van der Waals surface area (Å²) in [4.78, 5) is 0. The molecule has 16 heavy (non-hydrogen) atoms. The summed E-state index contributed by atoms with van der Waals surface area (Å²) in [7, 11) is 0.715. The molecular weight excluding hydrogens is 210 g/mol. The molecule has 0 spiro atoms. The van der Waals surface area contributed by atoms with E-state index in [1.165, 1.54) is 10.8 Å². The van der Waals surface area contributed by atoms with Crippen molar-refractivity contribution in [3.05, 3.63) is 65.9 Å². The van der Waals surface area contributed by atoms with Crippen molar-refractivity contribution in [1.29, 1.82) is 0 Å². The Morgan fingerprint density at radius 3 is 2.25 bits per heavy atom. The first-order valence-corrected chi connectivity index (χ1v) is 6.26. The summed E-state index contributed by atoms with van der Waals surface area (Å²) in [6.07, 6.45) is 2.13. The minimum atomic E-state index is 0.715. The highest BCUT2D eigenvalue weighted by atomic mass is 28.2. The lowest BCUT2D eigenvalue weighted by atomic mass is 10.2. The smallest absolute Gasteiger partial charge is 0.111 e. The first-order chi connectivity index (χ1) is 7.84. The van der Waals surface area contributed by atoms with E-state index in [9.17, 15) is 0 Å². The average Bonchev–Trinajstić information content (AvgIpc) is 2.33. The average molecular weight is 223 g/mol. The zero-order valence-electron chi connectivity index (χ0n) is 8.93. The molecule has 0 aromatic heterocycles. The molecule has 0 heterocycles. The van der Waals surface area contributed by atoms with E-state index in [4.69, 9.17) is 5.73 Å². The van der Waals surface area contributed by atoms with Gasteiger partial charge in [0.2, 0.25) is 0 Å². The molecule has 0 unspecified atom stereocenters. The topological polar surface area (TPSA) is 26.0 Å². The van der Waals surface area contributed by atoms with Crippen molar-refractivity contribution in [2.45, 2.75) is 0 Å². The lowest BCUT2D eigenvalue weighted by Crippen LogP contribution is -2.09. The molecule has 0 saturated carbocycles. The van der Waals surface area contributed by atoms with Gasteiger partial charge in [-0.25, -0.2) is 0 Å².